The number of thiophene rings is 1. The molecule has 0 saturated carbocycles. The maximum Gasteiger partial charge on any atom is 0.160 e. The van der Waals surface area contributed by atoms with Crippen LogP contribution in [0.4, 0.5) is 0 Å². The standard InChI is InChI=1S/C63H40N2S/c1-4-17-43(18-5-1)62-64-58(40-59(65-62)44-35-36-52-51-25-12-14-29-56(51)63(57(52)39-44,45-19-6-2-7-20-45)46-21-8-3-9-22-46)42-33-31-41(32-34-42)47-37-38-50(49-24-11-10-23-48(47)49)54-27-16-28-55-53-26-13-15-30-60(53)66-61(54)55/h1-40H. The number of fused-ring (bicyclic) bond motifs is 7. The Morgan fingerprint density at radius 2 is 0.818 bits per heavy atom. The van der Waals surface area contributed by atoms with Crippen LogP contribution in [0.15, 0.2) is 243 Å². The fraction of sp³-hybridized carbons (Fsp3) is 0.0159. The highest BCUT2D eigenvalue weighted by molar-refractivity contribution is 7.26. The van der Waals surface area contributed by atoms with Crippen LogP contribution < -0.4 is 0 Å². The van der Waals surface area contributed by atoms with E-state index in [0.717, 1.165) is 33.6 Å². The average molecular weight is 857 g/mol. The largest absolute Gasteiger partial charge is 0.228 e. The Labute approximate surface area is 387 Å². The van der Waals surface area contributed by atoms with Crippen LogP contribution in [0.2, 0.25) is 0 Å². The molecule has 13 rings (SSSR count). The van der Waals surface area contributed by atoms with Gasteiger partial charge < -0.3 is 0 Å². The lowest BCUT2D eigenvalue weighted by molar-refractivity contribution is 0.768. The van der Waals surface area contributed by atoms with E-state index in [1.807, 2.05) is 17.4 Å². The highest BCUT2D eigenvalue weighted by atomic mass is 32.1. The molecule has 1 aliphatic carbocycles. The summed E-state index contributed by atoms with van der Waals surface area (Å²) in [7, 11) is 0. The lowest BCUT2D eigenvalue weighted by Crippen LogP contribution is -2.28. The maximum atomic E-state index is 5.32. The lowest BCUT2D eigenvalue weighted by atomic mass is 9.67. The average Bonchev–Trinajstić information content (AvgIpc) is 3.93. The minimum atomic E-state index is -0.507. The summed E-state index contributed by atoms with van der Waals surface area (Å²) in [5.41, 5.74) is 16.7. The molecule has 3 heteroatoms. The molecule has 308 valence electrons. The predicted molar refractivity (Wildman–Crippen MR) is 277 cm³/mol. The fourth-order valence-electron chi connectivity index (χ4n) is 10.6. The Balaban J connectivity index is 0.932. The third kappa shape index (κ3) is 6.01. The highest BCUT2D eigenvalue weighted by Gasteiger charge is 2.46. The van der Waals surface area contributed by atoms with Crippen LogP contribution in [0.5, 0.6) is 0 Å². The Hall–Kier alpha value is -8.24. The smallest absolute Gasteiger partial charge is 0.160 e. The first-order valence-corrected chi connectivity index (χ1v) is 23.4. The van der Waals surface area contributed by atoms with Crippen LogP contribution in [0, 0.1) is 0 Å². The van der Waals surface area contributed by atoms with E-state index in [0.29, 0.717) is 5.82 Å². The van der Waals surface area contributed by atoms with Crippen molar-refractivity contribution >= 4 is 42.3 Å². The van der Waals surface area contributed by atoms with Gasteiger partial charge in [0.25, 0.3) is 0 Å². The van der Waals surface area contributed by atoms with E-state index in [1.54, 1.807) is 0 Å². The Morgan fingerprint density at radius 3 is 1.56 bits per heavy atom. The summed E-state index contributed by atoms with van der Waals surface area (Å²) in [6.07, 6.45) is 0. The first-order valence-electron chi connectivity index (χ1n) is 22.6. The summed E-state index contributed by atoms with van der Waals surface area (Å²) in [5.74, 6) is 0.698. The molecule has 0 unspecified atom stereocenters. The molecule has 0 N–H and O–H groups in total. The second-order valence-corrected chi connectivity index (χ2v) is 18.2. The summed E-state index contributed by atoms with van der Waals surface area (Å²) in [4.78, 5) is 10.6. The molecule has 12 aromatic rings. The van der Waals surface area contributed by atoms with Gasteiger partial charge in [0.2, 0.25) is 0 Å². The number of rotatable bonds is 7. The van der Waals surface area contributed by atoms with Gasteiger partial charge in [0, 0.05) is 42.4 Å². The predicted octanol–water partition coefficient (Wildman–Crippen LogP) is 16.7. The second kappa shape index (κ2) is 15.5. The van der Waals surface area contributed by atoms with Crippen molar-refractivity contribution in [1.29, 1.82) is 0 Å². The summed E-state index contributed by atoms with van der Waals surface area (Å²) in [6, 6.07) is 88.1. The molecule has 0 bridgehead atoms. The monoisotopic (exact) mass is 856 g/mol. The van der Waals surface area contributed by atoms with Gasteiger partial charge >= 0.3 is 0 Å². The van der Waals surface area contributed by atoms with Gasteiger partial charge in [0.05, 0.1) is 16.8 Å². The lowest BCUT2D eigenvalue weighted by Gasteiger charge is -2.34. The van der Waals surface area contributed by atoms with Crippen molar-refractivity contribution in [2.75, 3.05) is 0 Å². The zero-order valence-corrected chi connectivity index (χ0v) is 36.7. The van der Waals surface area contributed by atoms with Crippen molar-refractivity contribution in [2.24, 2.45) is 0 Å². The van der Waals surface area contributed by atoms with E-state index >= 15 is 0 Å². The van der Waals surface area contributed by atoms with Crippen molar-refractivity contribution in [1.82, 2.24) is 9.97 Å². The van der Waals surface area contributed by atoms with E-state index < -0.39 is 5.41 Å². The Kier molecular flexibility index (Phi) is 8.97. The third-order valence-corrected chi connectivity index (χ3v) is 14.8. The van der Waals surface area contributed by atoms with Gasteiger partial charge in [-0.15, -0.1) is 11.3 Å². The van der Waals surface area contributed by atoms with Crippen LogP contribution >= 0.6 is 11.3 Å². The van der Waals surface area contributed by atoms with E-state index in [1.165, 1.54) is 81.0 Å². The normalized spacial score (nSPS) is 12.7. The molecule has 2 aromatic heterocycles. The third-order valence-electron chi connectivity index (χ3n) is 13.6. The van der Waals surface area contributed by atoms with Gasteiger partial charge in [0.15, 0.2) is 5.82 Å². The minimum absolute atomic E-state index is 0.507. The van der Waals surface area contributed by atoms with Crippen LogP contribution in [-0.2, 0) is 5.41 Å². The molecule has 0 fully saturated rings. The van der Waals surface area contributed by atoms with Crippen molar-refractivity contribution in [3.63, 3.8) is 0 Å². The Morgan fingerprint density at radius 1 is 0.303 bits per heavy atom. The van der Waals surface area contributed by atoms with Gasteiger partial charge in [-0.3, -0.25) is 0 Å². The van der Waals surface area contributed by atoms with Gasteiger partial charge in [-0.2, -0.15) is 0 Å². The molecule has 66 heavy (non-hydrogen) atoms. The van der Waals surface area contributed by atoms with Crippen LogP contribution in [0.25, 0.3) is 98.2 Å². The molecular weight excluding hydrogens is 817 g/mol. The molecule has 2 nitrogen and oxygen atoms in total. The van der Waals surface area contributed by atoms with E-state index in [-0.39, 0.29) is 0 Å². The van der Waals surface area contributed by atoms with E-state index in [9.17, 15) is 0 Å². The summed E-state index contributed by atoms with van der Waals surface area (Å²) >= 11 is 1.88. The molecule has 0 radical (unpaired) electrons. The molecule has 0 amide bonds. The van der Waals surface area contributed by atoms with Crippen LogP contribution in [-0.4, -0.2) is 9.97 Å². The van der Waals surface area contributed by atoms with Crippen LogP contribution in [0.1, 0.15) is 22.3 Å². The second-order valence-electron chi connectivity index (χ2n) is 17.2. The topological polar surface area (TPSA) is 25.8 Å². The fourth-order valence-corrected chi connectivity index (χ4v) is 11.9. The molecule has 0 spiro atoms. The molecule has 0 saturated heterocycles. The molecule has 0 aliphatic heterocycles. The first-order chi connectivity index (χ1) is 32.7. The van der Waals surface area contributed by atoms with E-state index in [4.69, 9.17) is 9.97 Å². The summed E-state index contributed by atoms with van der Waals surface area (Å²) < 4.78 is 2.65. The van der Waals surface area contributed by atoms with Crippen molar-refractivity contribution < 1.29 is 0 Å². The zero-order chi connectivity index (χ0) is 43.6. The Bertz CT molecular complexity index is 3760. The number of aromatic nitrogens is 2. The first kappa shape index (κ1) is 38.2. The molecular formula is C63H40N2S. The zero-order valence-electron chi connectivity index (χ0n) is 35.9. The number of hydrogen-bond acceptors (Lipinski definition) is 3. The molecule has 0 atom stereocenters. The van der Waals surface area contributed by atoms with Crippen molar-refractivity contribution in [2.45, 2.75) is 5.41 Å². The van der Waals surface area contributed by atoms with Crippen molar-refractivity contribution in [3.8, 4) is 67.3 Å². The highest BCUT2D eigenvalue weighted by Crippen LogP contribution is 2.56. The maximum absolute atomic E-state index is 5.32. The molecule has 10 aromatic carbocycles. The van der Waals surface area contributed by atoms with E-state index in [2.05, 4.69) is 237 Å². The van der Waals surface area contributed by atoms with Gasteiger partial charge in [-0.25, -0.2) is 9.97 Å². The van der Waals surface area contributed by atoms with Gasteiger partial charge in [0.1, 0.15) is 0 Å². The minimum Gasteiger partial charge on any atom is -0.228 e. The molecule has 1 aliphatic rings. The quantitative estimate of drug-likeness (QED) is 0.160. The summed E-state index contributed by atoms with van der Waals surface area (Å²) in [5, 5.41) is 5.11. The number of benzene rings is 10. The number of nitrogens with zero attached hydrogens (tertiary/aromatic N) is 2. The van der Waals surface area contributed by atoms with Gasteiger partial charge in [-0.05, 0) is 79.0 Å². The van der Waals surface area contributed by atoms with Crippen molar-refractivity contribution in [3.05, 3.63) is 265 Å². The van der Waals surface area contributed by atoms with Crippen LogP contribution in [0.3, 0.4) is 0 Å². The summed E-state index contributed by atoms with van der Waals surface area (Å²) in [6.45, 7) is 0. The van der Waals surface area contributed by atoms with Gasteiger partial charge in [-0.1, -0.05) is 224 Å². The molecule has 2 heterocycles. The number of hydrogen-bond donors (Lipinski definition) is 0. The SMILES string of the molecule is c1ccc(-c2nc(-c3ccc(-c4ccc(-c5cccc6c5sc5ccccc56)c5ccccc45)cc3)cc(-c3ccc4c(c3)C(c3ccccc3)(c3ccccc3)c3ccccc3-4)n2)cc1.